The highest BCUT2D eigenvalue weighted by Crippen LogP contribution is 2.30. The van der Waals surface area contributed by atoms with Crippen LogP contribution in [-0.2, 0) is 17.8 Å². The van der Waals surface area contributed by atoms with Crippen LogP contribution in [0.3, 0.4) is 0 Å². The number of carbonyl (C=O) groups is 1. The highest BCUT2D eigenvalue weighted by atomic mass is 16.2. The Morgan fingerprint density at radius 1 is 1.00 bits per heavy atom. The van der Waals surface area contributed by atoms with E-state index >= 15 is 0 Å². The van der Waals surface area contributed by atoms with Crippen LogP contribution >= 0.6 is 0 Å². The minimum atomic E-state index is 0.00861. The van der Waals surface area contributed by atoms with Crippen LogP contribution in [0.25, 0.3) is 0 Å². The Kier molecular flexibility index (Phi) is 4.84. The highest BCUT2D eigenvalue weighted by molar-refractivity contribution is 5.82. The van der Waals surface area contributed by atoms with Gasteiger partial charge in [0.25, 0.3) is 0 Å². The Morgan fingerprint density at radius 2 is 1.80 bits per heavy atom. The molecule has 25 heavy (non-hydrogen) atoms. The van der Waals surface area contributed by atoms with Gasteiger partial charge in [-0.1, -0.05) is 54.6 Å². The lowest BCUT2D eigenvalue weighted by molar-refractivity contribution is -0.126. The van der Waals surface area contributed by atoms with Gasteiger partial charge in [0, 0.05) is 6.54 Å². The molecule has 1 amide bonds. The number of amides is 1. The summed E-state index contributed by atoms with van der Waals surface area (Å²) in [5, 5.41) is 3.35. The first-order valence-electron chi connectivity index (χ1n) is 9.47. The number of rotatable bonds is 4. The molecule has 0 spiro atoms. The van der Waals surface area contributed by atoms with Crippen LogP contribution in [0.2, 0.25) is 0 Å². The second kappa shape index (κ2) is 7.40. The lowest BCUT2D eigenvalue weighted by Gasteiger charge is -2.30. The zero-order chi connectivity index (χ0) is 17.1. The van der Waals surface area contributed by atoms with Gasteiger partial charge in [-0.2, -0.15) is 0 Å². The molecule has 0 saturated carbocycles. The number of likely N-dealkylation sites (tertiary alicyclic amines) is 1. The first-order chi connectivity index (χ1) is 12.3. The Bertz CT molecular complexity index is 728. The third kappa shape index (κ3) is 3.62. The fourth-order valence-electron chi connectivity index (χ4n) is 4.30. The summed E-state index contributed by atoms with van der Waals surface area (Å²) >= 11 is 0. The monoisotopic (exact) mass is 334 g/mol. The molecule has 2 aromatic rings. The van der Waals surface area contributed by atoms with Crippen LogP contribution in [-0.4, -0.2) is 23.4 Å². The van der Waals surface area contributed by atoms with E-state index in [0.717, 1.165) is 45.2 Å². The van der Waals surface area contributed by atoms with E-state index in [0.29, 0.717) is 0 Å². The third-order valence-electron chi connectivity index (χ3n) is 5.58. The summed E-state index contributed by atoms with van der Waals surface area (Å²) in [6.45, 7) is 1.87. The maximum absolute atomic E-state index is 13.0. The number of carbonyl (C=O) groups excluding carboxylic acids is 1. The SMILES string of the molecule is O=C(N[C@@H]1CCCc2ccccc21)[C@H]1CCCN1Cc1ccccc1. The molecular formula is C22H26N2O. The van der Waals surface area contributed by atoms with Crippen molar-refractivity contribution in [3.05, 3.63) is 71.3 Å². The van der Waals surface area contributed by atoms with Crippen molar-refractivity contribution in [1.82, 2.24) is 10.2 Å². The number of hydrogen-bond donors (Lipinski definition) is 1. The summed E-state index contributed by atoms with van der Waals surface area (Å²) < 4.78 is 0. The van der Waals surface area contributed by atoms with Gasteiger partial charge < -0.3 is 5.32 Å². The van der Waals surface area contributed by atoms with Crippen molar-refractivity contribution < 1.29 is 4.79 Å². The summed E-state index contributed by atoms with van der Waals surface area (Å²) in [7, 11) is 0. The molecule has 4 rings (SSSR count). The van der Waals surface area contributed by atoms with Gasteiger partial charge in [0.15, 0.2) is 0 Å². The van der Waals surface area contributed by atoms with Crippen LogP contribution in [0.4, 0.5) is 0 Å². The van der Waals surface area contributed by atoms with Crippen LogP contribution in [0.1, 0.15) is 48.4 Å². The number of benzene rings is 2. The molecule has 0 radical (unpaired) electrons. The Morgan fingerprint density at radius 3 is 2.68 bits per heavy atom. The topological polar surface area (TPSA) is 32.3 Å². The first-order valence-corrected chi connectivity index (χ1v) is 9.47. The van der Waals surface area contributed by atoms with E-state index in [1.807, 2.05) is 6.07 Å². The van der Waals surface area contributed by atoms with Gasteiger partial charge in [-0.3, -0.25) is 9.69 Å². The molecule has 1 aliphatic carbocycles. The molecule has 2 atom stereocenters. The molecule has 130 valence electrons. The predicted octanol–water partition coefficient (Wildman–Crippen LogP) is 3.84. The van der Waals surface area contributed by atoms with E-state index in [1.165, 1.54) is 16.7 Å². The van der Waals surface area contributed by atoms with E-state index in [-0.39, 0.29) is 18.0 Å². The molecule has 1 saturated heterocycles. The second-order valence-corrected chi connectivity index (χ2v) is 7.27. The predicted molar refractivity (Wildman–Crippen MR) is 100 cm³/mol. The van der Waals surface area contributed by atoms with E-state index in [2.05, 4.69) is 58.7 Å². The van der Waals surface area contributed by atoms with E-state index in [9.17, 15) is 4.79 Å². The van der Waals surface area contributed by atoms with Crippen molar-refractivity contribution in [3.8, 4) is 0 Å². The smallest absolute Gasteiger partial charge is 0.237 e. The first kappa shape index (κ1) is 16.3. The van der Waals surface area contributed by atoms with E-state index < -0.39 is 0 Å². The van der Waals surface area contributed by atoms with Crippen LogP contribution in [0.15, 0.2) is 54.6 Å². The minimum Gasteiger partial charge on any atom is -0.348 e. The van der Waals surface area contributed by atoms with Gasteiger partial charge >= 0.3 is 0 Å². The van der Waals surface area contributed by atoms with Crippen molar-refractivity contribution in [2.24, 2.45) is 0 Å². The van der Waals surface area contributed by atoms with Crippen LogP contribution in [0.5, 0.6) is 0 Å². The number of fused-ring (bicyclic) bond motifs is 1. The average molecular weight is 334 g/mol. The molecule has 0 unspecified atom stereocenters. The molecular weight excluding hydrogens is 308 g/mol. The molecule has 3 nitrogen and oxygen atoms in total. The maximum atomic E-state index is 13.0. The number of nitrogens with zero attached hydrogens (tertiary/aromatic N) is 1. The summed E-state index contributed by atoms with van der Waals surface area (Å²) in [6.07, 6.45) is 5.40. The van der Waals surface area contributed by atoms with Gasteiger partial charge in [-0.05, 0) is 55.3 Å². The summed E-state index contributed by atoms with van der Waals surface area (Å²) in [5.41, 5.74) is 3.99. The standard InChI is InChI=1S/C22H26N2O/c25-22(23-20-13-6-11-18-10-4-5-12-19(18)20)21-14-7-15-24(21)16-17-8-2-1-3-9-17/h1-5,8-10,12,20-21H,6-7,11,13-16H2,(H,23,25)/t20-,21-/m1/s1. The van der Waals surface area contributed by atoms with Crippen molar-refractivity contribution in [1.29, 1.82) is 0 Å². The number of nitrogens with one attached hydrogen (secondary N) is 1. The maximum Gasteiger partial charge on any atom is 0.237 e. The zero-order valence-electron chi connectivity index (χ0n) is 14.7. The van der Waals surface area contributed by atoms with Gasteiger partial charge in [0.2, 0.25) is 5.91 Å². The van der Waals surface area contributed by atoms with Crippen molar-refractivity contribution in [2.45, 2.75) is 50.7 Å². The van der Waals surface area contributed by atoms with Gasteiger partial charge in [-0.15, -0.1) is 0 Å². The quantitative estimate of drug-likeness (QED) is 0.921. The highest BCUT2D eigenvalue weighted by Gasteiger charge is 2.32. The van der Waals surface area contributed by atoms with Crippen molar-refractivity contribution >= 4 is 5.91 Å². The Hall–Kier alpha value is -2.13. The zero-order valence-corrected chi connectivity index (χ0v) is 14.7. The fraction of sp³-hybridized carbons (Fsp3) is 0.409. The molecule has 1 fully saturated rings. The summed E-state index contributed by atoms with van der Waals surface area (Å²) in [4.78, 5) is 15.3. The normalized spacial score (nSPS) is 23.2. The molecule has 1 N–H and O–H groups in total. The van der Waals surface area contributed by atoms with Crippen molar-refractivity contribution in [3.63, 3.8) is 0 Å². The van der Waals surface area contributed by atoms with Gasteiger partial charge in [-0.25, -0.2) is 0 Å². The molecule has 3 heteroatoms. The lowest BCUT2D eigenvalue weighted by atomic mass is 9.87. The Labute approximate surface area is 150 Å². The number of aryl methyl sites for hydroxylation is 1. The van der Waals surface area contributed by atoms with Crippen LogP contribution in [0, 0.1) is 0 Å². The largest absolute Gasteiger partial charge is 0.348 e. The number of hydrogen-bond acceptors (Lipinski definition) is 2. The fourth-order valence-corrected chi connectivity index (χ4v) is 4.30. The average Bonchev–Trinajstić information content (AvgIpc) is 3.11. The molecule has 1 heterocycles. The molecule has 2 aliphatic rings. The summed E-state index contributed by atoms with van der Waals surface area (Å²) in [5.74, 6) is 0.204. The molecule has 1 aliphatic heterocycles. The van der Waals surface area contributed by atoms with E-state index in [1.54, 1.807) is 0 Å². The van der Waals surface area contributed by atoms with Gasteiger partial charge in [0.05, 0.1) is 12.1 Å². The Balaban J connectivity index is 1.44. The van der Waals surface area contributed by atoms with E-state index in [4.69, 9.17) is 0 Å². The molecule has 0 bridgehead atoms. The van der Waals surface area contributed by atoms with Gasteiger partial charge in [0.1, 0.15) is 0 Å². The van der Waals surface area contributed by atoms with Crippen LogP contribution < -0.4 is 5.32 Å². The molecule has 0 aromatic heterocycles. The van der Waals surface area contributed by atoms with Crippen molar-refractivity contribution in [2.75, 3.05) is 6.54 Å². The summed E-state index contributed by atoms with van der Waals surface area (Å²) in [6, 6.07) is 19.2. The minimum absolute atomic E-state index is 0.00861. The lowest BCUT2D eigenvalue weighted by Crippen LogP contribution is -2.44. The third-order valence-corrected chi connectivity index (χ3v) is 5.58. The second-order valence-electron chi connectivity index (χ2n) is 7.27. The molecule has 2 aromatic carbocycles.